The highest BCUT2D eigenvalue weighted by Crippen LogP contribution is 2.45. The van der Waals surface area contributed by atoms with Crippen molar-refractivity contribution in [3.8, 4) is 17.2 Å². The second kappa shape index (κ2) is 11.8. The summed E-state index contributed by atoms with van der Waals surface area (Å²) in [5, 5.41) is 3.99. The Balaban J connectivity index is 1.47. The van der Waals surface area contributed by atoms with Crippen LogP contribution in [0.2, 0.25) is 0 Å². The van der Waals surface area contributed by atoms with E-state index in [0.717, 1.165) is 5.56 Å². The first kappa shape index (κ1) is 22.4. The summed E-state index contributed by atoms with van der Waals surface area (Å²) in [6.45, 7) is 4.83. The monoisotopic (exact) mass is 446 g/mol. The molecule has 8 heteroatoms. The van der Waals surface area contributed by atoms with Gasteiger partial charge in [0.2, 0.25) is 0 Å². The highest BCUT2D eigenvalue weighted by Gasteiger charge is 2.18. The van der Waals surface area contributed by atoms with Crippen molar-refractivity contribution < 1.29 is 19.0 Å². The van der Waals surface area contributed by atoms with Crippen molar-refractivity contribution in [1.29, 1.82) is 0 Å². The number of carbonyl (C=O) groups is 1. The van der Waals surface area contributed by atoms with Gasteiger partial charge in [-0.05, 0) is 55.3 Å². The fourth-order valence-corrected chi connectivity index (χ4v) is 5.64. The third kappa shape index (κ3) is 6.60. The Morgan fingerprint density at radius 1 is 1.03 bits per heavy atom. The second-order valence-electron chi connectivity index (χ2n) is 6.30. The summed E-state index contributed by atoms with van der Waals surface area (Å²) in [6.07, 6.45) is 1.56. The number of hydrogen-bond acceptors (Lipinski definition) is 7. The number of ether oxygens (including phenoxy) is 3. The van der Waals surface area contributed by atoms with Gasteiger partial charge in [0, 0.05) is 11.5 Å². The molecule has 30 heavy (non-hydrogen) atoms. The van der Waals surface area contributed by atoms with Crippen LogP contribution in [-0.2, 0) is 4.79 Å². The molecule has 1 aliphatic rings. The van der Waals surface area contributed by atoms with E-state index in [-0.39, 0.29) is 12.5 Å². The van der Waals surface area contributed by atoms with Crippen molar-refractivity contribution in [2.75, 3.05) is 31.3 Å². The van der Waals surface area contributed by atoms with Gasteiger partial charge in [0.05, 0.1) is 24.0 Å². The van der Waals surface area contributed by atoms with Crippen LogP contribution in [-0.4, -0.2) is 43.4 Å². The topological polar surface area (TPSA) is 69.2 Å². The summed E-state index contributed by atoms with van der Waals surface area (Å²) in [4.78, 5) is 12.0. The van der Waals surface area contributed by atoms with Gasteiger partial charge in [0.25, 0.3) is 5.91 Å². The Morgan fingerprint density at radius 2 is 1.73 bits per heavy atom. The average molecular weight is 447 g/mol. The predicted molar refractivity (Wildman–Crippen MR) is 124 cm³/mol. The number of hydrazone groups is 1. The Morgan fingerprint density at radius 3 is 2.43 bits per heavy atom. The predicted octanol–water partition coefficient (Wildman–Crippen LogP) is 4.49. The van der Waals surface area contributed by atoms with Gasteiger partial charge >= 0.3 is 0 Å². The van der Waals surface area contributed by atoms with Crippen LogP contribution in [0.4, 0.5) is 0 Å². The molecule has 0 aliphatic carbocycles. The molecular weight excluding hydrogens is 420 g/mol. The van der Waals surface area contributed by atoms with Gasteiger partial charge in [-0.1, -0.05) is 12.1 Å². The molecule has 1 amide bonds. The Bertz CT molecular complexity index is 853. The molecular formula is C22H26N2O4S2. The van der Waals surface area contributed by atoms with E-state index in [9.17, 15) is 4.79 Å². The molecule has 160 valence electrons. The Hall–Kier alpha value is -2.32. The Labute approximate surface area is 185 Å². The van der Waals surface area contributed by atoms with E-state index in [1.807, 2.05) is 67.7 Å². The van der Waals surface area contributed by atoms with Crippen LogP contribution >= 0.6 is 23.5 Å². The lowest BCUT2D eigenvalue weighted by molar-refractivity contribution is -0.123. The minimum absolute atomic E-state index is 0.100. The fourth-order valence-electron chi connectivity index (χ4n) is 2.78. The molecule has 2 aromatic rings. The lowest BCUT2D eigenvalue weighted by atomic mass is 10.2. The quantitative estimate of drug-likeness (QED) is 0.428. The number of carbonyl (C=O) groups excluding carboxylic acids is 1. The fraction of sp³-hybridized carbons (Fsp3) is 0.364. The van der Waals surface area contributed by atoms with E-state index in [4.69, 9.17) is 14.2 Å². The van der Waals surface area contributed by atoms with Crippen molar-refractivity contribution in [3.63, 3.8) is 0 Å². The molecule has 0 spiro atoms. The summed E-state index contributed by atoms with van der Waals surface area (Å²) in [6, 6.07) is 13.4. The van der Waals surface area contributed by atoms with E-state index in [0.29, 0.717) is 35.0 Å². The molecule has 0 atom stereocenters. The number of nitrogens with one attached hydrogen (secondary N) is 1. The molecule has 0 saturated carbocycles. The van der Waals surface area contributed by atoms with E-state index in [1.165, 1.54) is 17.1 Å². The average Bonchev–Trinajstić information content (AvgIpc) is 3.30. The number of thioether (sulfide) groups is 2. The maximum atomic E-state index is 12.0. The number of rotatable bonds is 10. The second-order valence-corrected chi connectivity index (χ2v) is 9.02. The van der Waals surface area contributed by atoms with E-state index >= 15 is 0 Å². The third-order valence-electron chi connectivity index (χ3n) is 4.11. The van der Waals surface area contributed by atoms with Crippen LogP contribution in [0.5, 0.6) is 17.2 Å². The van der Waals surface area contributed by atoms with E-state index < -0.39 is 0 Å². The van der Waals surface area contributed by atoms with Crippen molar-refractivity contribution in [2.24, 2.45) is 5.10 Å². The first-order valence-corrected chi connectivity index (χ1v) is 12.0. The van der Waals surface area contributed by atoms with Crippen LogP contribution < -0.4 is 19.6 Å². The summed E-state index contributed by atoms with van der Waals surface area (Å²) >= 11 is 3.92. The highest BCUT2D eigenvalue weighted by molar-refractivity contribution is 8.19. The van der Waals surface area contributed by atoms with E-state index in [2.05, 4.69) is 22.7 Å². The van der Waals surface area contributed by atoms with Crippen LogP contribution in [0, 0.1) is 0 Å². The van der Waals surface area contributed by atoms with Crippen LogP contribution in [0.15, 0.2) is 47.6 Å². The highest BCUT2D eigenvalue weighted by atomic mass is 32.2. The maximum Gasteiger partial charge on any atom is 0.277 e. The minimum Gasteiger partial charge on any atom is -0.490 e. The number of amides is 1. The standard InChI is InChI=1S/C22H26N2O4S2/c1-3-26-19-10-5-16(13-20(19)27-4-2)14-23-24-21(25)15-28-18-8-6-17(7-9-18)22-29-11-12-30-22/h5-10,13-14,22H,3-4,11-12,15H2,1-2H3,(H,24,25)/b23-14-. The SMILES string of the molecule is CCOc1ccc(/C=N\NC(=O)COc2ccc(C3SCCS3)cc2)cc1OCC. The number of benzene rings is 2. The van der Waals surface area contributed by atoms with Crippen molar-refractivity contribution in [3.05, 3.63) is 53.6 Å². The molecule has 6 nitrogen and oxygen atoms in total. The van der Waals surface area contributed by atoms with Gasteiger partial charge < -0.3 is 14.2 Å². The zero-order valence-electron chi connectivity index (χ0n) is 17.1. The van der Waals surface area contributed by atoms with Crippen LogP contribution in [0.25, 0.3) is 0 Å². The number of nitrogens with zero attached hydrogens (tertiary/aromatic N) is 1. The molecule has 0 bridgehead atoms. The van der Waals surface area contributed by atoms with Gasteiger partial charge in [0.1, 0.15) is 5.75 Å². The summed E-state index contributed by atoms with van der Waals surface area (Å²) in [7, 11) is 0. The largest absolute Gasteiger partial charge is 0.490 e. The van der Waals surface area contributed by atoms with Gasteiger partial charge in [0.15, 0.2) is 18.1 Å². The van der Waals surface area contributed by atoms with Crippen LogP contribution in [0.3, 0.4) is 0 Å². The first-order valence-electron chi connectivity index (χ1n) is 9.87. The summed E-state index contributed by atoms with van der Waals surface area (Å²) in [5.41, 5.74) is 4.55. The first-order chi connectivity index (χ1) is 14.7. The van der Waals surface area contributed by atoms with E-state index in [1.54, 1.807) is 6.21 Å². The summed E-state index contributed by atoms with van der Waals surface area (Å²) < 4.78 is 17.2. The normalized spacial score (nSPS) is 14.1. The maximum absolute atomic E-state index is 12.0. The van der Waals surface area contributed by atoms with Crippen molar-refractivity contribution >= 4 is 35.6 Å². The Kier molecular flexibility index (Phi) is 8.77. The molecule has 0 radical (unpaired) electrons. The third-order valence-corrected chi connectivity index (χ3v) is 7.22. The van der Waals surface area contributed by atoms with Crippen molar-refractivity contribution in [2.45, 2.75) is 18.4 Å². The smallest absolute Gasteiger partial charge is 0.277 e. The molecule has 0 aromatic heterocycles. The van der Waals surface area contributed by atoms with Crippen LogP contribution in [0.1, 0.15) is 29.6 Å². The summed E-state index contributed by atoms with van der Waals surface area (Å²) in [5.74, 6) is 4.06. The van der Waals surface area contributed by atoms with Crippen molar-refractivity contribution in [1.82, 2.24) is 5.43 Å². The molecule has 1 fully saturated rings. The molecule has 0 unspecified atom stereocenters. The molecule has 1 N–H and O–H groups in total. The van der Waals surface area contributed by atoms with Gasteiger partial charge in [-0.25, -0.2) is 5.43 Å². The molecule has 1 aliphatic heterocycles. The molecule has 2 aromatic carbocycles. The zero-order valence-corrected chi connectivity index (χ0v) is 18.8. The molecule has 3 rings (SSSR count). The molecule has 1 saturated heterocycles. The van der Waals surface area contributed by atoms with Gasteiger partial charge in [-0.15, -0.1) is 23.5 Å². The minimum atomic E-state index is -0.326. The lowest BCUT2D eigenvalue weighted by Crippen LogP contribution is -2.24. The number of hydrogen-bond donors (Lipinski definition) is 1. The van der Waals surface area contributed by atoms with Gasteiger partial charge in [-0.3, -0.25) is 4.79 Å². The molecule has 1 heterocycles. The van der Waals surface area contributed by atoms with Gasteiger partial charge in [-0.2, -0.15) is 5.10 Å². The zero-order chi connectivity index (χ0) is 21.2. The lowest BCUT2D eigenvalue weighted by Gasteiger charge is -2.11.